The van der Waals surface area contributed by atoms with Gasteiger partial charge in [-0.3, -0.25) is 0 Å². The molecule has 0 aromatic heterocycles. The molecule has 1 heteroatoms. The van der Waals surface area contributed by atoms with Crippen molar-refractivity contribution in [3.8, 4) is 6.07 Å². The predicted molar refractivity (Wildman–Crippen MR) is 125 cm³/mol. The molecule has 29 heavy (non-hydrogen) atoms. The Balaban J connectivity index is 1.44. The molecule has 3 aliphatic rings. The lowest BCUT2D eigenvalue weighted by atomic mass is 9.53. The molecule has 1 nitrogen and oxygen atoms in total. The molecule has 0 saturated heterocycles. The number of fused-ring (bicyclic) bond motifs is 1. The summed E-state index contributed by atoms with van der Waals surface area (Å²) >= 11 is 0. The quantitative estimate of drug-likeness (QED) is 0.336. The smallest absolute Gasteiger partial charge is 0.0692 e. The fourth-order valence-corrected chi connectivity index (χ4v) is 7.43. The molecule has 0 aromatic carbocycles. The molecule has 3 saturated carbocycles. The van der Waals surface area contributed by atoms with E-state index in [1.165, 1.54) is 122 Å². The fraction of sp³-hybridized carbons (Fsp3) is 0.964. The Morgan fingerprint density at radius 3 is 2.10 bits per heavy atom. The van der Waals surface area contributed by atoms with Crippen LogP contribution in [0.1, 0.15) is 136 Å². The van der Waals surface area contributed by atoms with Gasteiger partial charge in [0.05, 0.1) is 11.5 Å². The monoisotopic (exact) mass is 399 g/mol. The maximum Gasteiger partial charge on any atom is 0.0692 e. The summed E-state index contributed by atoms with van der Waals surface area (Å²) in [6.45, 7) is 4.62. The van der Waals surface area contributed by atoms with E-state index in [0.717, 1.165) is 29.6 Å². The van der Waals surface area contributed by atoms with Crippen LogP contribution in [0, 0.1) is 46.3 Å². The van der Waals surface area contributed by atoms with Gasteiger partial charge in [-0.05, 0) is 74.5 Å². The molecule has 0 spiro atoms. The molecule has 4 unspecified atom stereocenters. The third kappa shape index (κ3) is 6.24. The zero-order valence-electron chi connectivity index (χ0n) is 19.8. The van der Waals surface area contributed by atoms with Gasteiger partial charge < -0.3 is 0 Å². The fourth-order valence-electron chi connectivity index (χ4n) is 7.43. The normalized spacial score (nSPS) is 37.6. The number of rotatable bonds is 10. The van der Waals surface area contributed by atoms with Gasteiger partial charge >= 0.3 is 0 Å². The summed E-state index contributed by atoms with van der Waals surface area (Å²) in [5.41, 5.74) is 0.0576. The molecule has 166 valence electrons. The van der Waals surface area contributed by atoms with Gasteiger partial charge in [0.2, 0.25) is 0 Å². The molecule has 3 fully saturated rings. The number of nitriles is 1. The molecule has 0 heterocycles. The van der Waals surface area contributed by atoms with E-state index in [0.29, 0.717) is 0 Å². The molecule has 0 aliphatic heterocycles. The Kier molecular flexibility index (Phi) is 9.40. The molecule has 0 radical (unpaired) electrons. The first kappa shape index (κ1) is 23.2. The van der Waals surface area contributed by atoms with Gasteiger partial charge in [-0.1, -0.05) is 90.9 Å². The molecular formula is C28H49N. The van der Waals surface area contributed by atoms with Crippen molar-refractivity contribution in [2.45, 2.75) is 136 Å². The van der Waals surface area contributed by atoms with E-state index in [2.05, 4.69) is 19.9 Å². The first-order chi connectivity index (χ1) is 14.2. The maximum atomic E-state index is 10.2. The summed E-state index contributed by atoms with van der Waals surface area (Å²) in [5, 5.41) is 10.2. The summed E-state index contributed by atoms with van der Waals surface area (Å²) < 4.78 is 0. The highest BCUT2D eigenvalue weighted by atomic mass is 14.5. The Bertz CT molecular complexity index is 497. The third-order valence-electron chi connectivity index (χ3n) is 9.37. The maximum absolute atomic E-state index is 10.2. The lowest BCUT2D eigenvalue weighted by Gasteiger charge is -2.50. The highest BCUT2D eigenvalue weighted by molar-refractivity contribution is 5.09. The molecule has 0 amide bonds. The van der Waals surface area contributed by atoms with Crippen molar-refractivity contribution >= 4 is 0 Å². The van der Waals surface area contributed by atoms with E-state index in [1.54, 1.807) is 0 Å². The van der Waals surface area contributed by atoms with Crippen LogP contribution in [0.3, 0.4) is 0 Å². The van der Waals surface area contributed by atoms with E-state index >= 15 is 0 Å². The van der Waals surface area contributed by atoms with Crippen LogP contribution in [-0.2, 0) is 0 Å². The number of unbranched alkanes of at least 4 members (excludes halogenated alkanes) is 5. The summed E-state index contributed by atoms with van der Waals surface area (Å²) in [5.74, 6) is 4.53. The van der Waals surface area contributed by atoms with E-state index in [4.69, 9.17) is 0 Å². The second-order valence-corrected chi connectivity index (χ2v) is 11.3. The standard InChI is InChI=1S/C28H49N/c1-3-5-7-9-10-23-12-15-25(16-13-23)26-18-19-28(22-29)21-24(11-8-6-4-2)14-17-27(28)20-26/h23-27H,3-21H2,1-2H3. The zero-order chi connectivity index (χ0) is 20.5. The highest BCUT2D eigenvalue weighted by Crippen LogP contribution is 2.56. The summed E-state index contributed by atoms with van der Waals surface area (Å²) in [4.78, 5) is 0. The van der Waals surface area contributed by atoms with Crippen LogP contribution < -0.4 is 0 Å². The molecule has 3 aliphatic carbocycles. The molecule has 0 N–H and O–H groups in total. The average Bonchev–Trinajstić information content (AvgIpc) is 2.77. The Hall–Kier alpha value is -0.510. The molecule has 0 bridgehead atoms. The van der Waals surface area contributed by atoms with Gasteiger partial charge in [-0.25, -0.2) is 0 Å². The Morgan fingerprint density at radius 2 is 1.38 bits per heavy atom. The number of nitrogens with zero attached hydrogens (tertiary/aromatic N) is 1. The lowest BCUT2D eigenvalue weighted by Crippen LogP contribution is -2.42. The van der Waals surface area contributed by atoms with Gasteiger partial charge in [0.1, 0.15) is 0 Å². The van der Waals surface area contributed by atoms with Crippen LogP contribution in [0.2, 0.25) is 0 Å². The van der Waals surface area contributed by atoms with Crippen molar-refractivity contribution in [1.29, 1.82) is 5.26 Å². The Morgan fingerprint density at radius 1 is 0.724 bits per heavy atom. The second-order valence-electron chi connectivity index (χ2n) is 11.3. The van der Waals surface area contributed by atoms with Crippen molar-refractivity contribution < 1.29 is 0 Å². The average molecular weight is 400 g/mol. The van der Waals surface area contributed by atoms with Gasteiger partial charge in [0.15, 0.2) is 0 Å². The minimum absolute atomic E-state index is 0.0576. The van der Waals surface area contributed by atoms with Crippen LogP contribution in [0.25, 0.3) is 0 Å². The second kappa shape index (κ2) is 11.8. The van der Waals surface area contributed by atoms with Crippen molar-refractivity contribution in [2.75, 3.05) is 0 Å². The van der Waals surface area contributed by atoms with Crippen molar-refractivity contribution in [2.24, 2.45) is 35.0 Å². The van der Waals surface area contributed by atoms with Crippen LogP contribution in [-0.4, -0.2) is 0 Å². The summed E-state index contributed by atoms with van der Waals surface area (Å²) in [7, 11) is 0. The first-order valence-corrected chi connectivity index (χ1v) is 13.6. The predicted octanol–water partition coefficient (Wildman–Crippen LogP) is 9.07. The minimum Gasteiger partial charge on any atom is -0.198 e. The van der Waals surface area contributed by atoms with Crippen molar-refractivity contribution in [3.63, 3.8) is 0 Å². The number of hydrogen-bond acceptors (Lipinski definition) is 1. The Labute approximate surface area is 182 Å². The van der Waals surface area contributed by atoms with E-state index in [9.17, 15) is 5.26 Å². The minimum atomic E-state index is 0.0576. The molecular weight excluding hydrogens is 350 g/mol. The van der Waals surface area contributed by atoms with Crippen LogP contribution in [0.15, 0.2) is 0 Å². The van der Waals surface area contributed by atoms with Crippen molar-refractivity contribution in [1.82, 2.24) is 0 Å². The summed E-state index contributed by atoms with van der Waals surface area (Å²) in [6, 6.07) is 2.90. The molecule has 0 aromatic rings. The van der Waals surface area contributed by atoms with Crippen LogP contribution in [0.4, 0.5) is 0 Å². The molecule has 4 atom stereocenters. The van der Waals surface area contributed by atoms with Crippen LogP contribution >= 0.6 is 0 Å². The lowest BCUT2D eigenvalue weighted by molar-refractivity contribution is 0.0146. The topological polar surface area (TPSA) is 23.8 Å². The number of hydrogen-bond donors (Lipinski definition) is 0. The highest BCUT2D eigenvalue weighted by Gasteiger charge is 2.48. The SMILES string of the molecule is CCCCCCC1CCC(C2CCC3(C#N)CC(CCCCC)CCC3C2)CC1. The van der Waals surface area contributed by atoms with E-state index in [-0.39, 0.29) is 5.41 Å². The van der Waals surface area contributed by atoms with Gasteiger partial charge in [0, 0.05) is 0 Å². The zero-order valence-corrected chi connectivity index (χ0v) is 19.8. The summed E-state index contributed by atoms with van der Waals surface area (Å²) in [6.07, 6.45) is 26.6. The first-order valence-electron chi connectivity index (χ1n) is 13.6. The van der Waals surface area contributed by atoms with Gasteiger partial charge in [0.25, 0.3) is 0 Å². The third-order valence-corrected chi connectivity index (χ3v) is 9.37. The van der Waals surface area contributed by atoms with Crippen molar-refractivity contribution in [3.05, 3.63) is 0 Å². The molecule has 3 rings (SSSR count). The van der Waals surface area contributed by atoms with Gasteiger partial charge in [-0.15, -0.1) is 0 Å². The van der Waals surface area contributed by atoms with E-state index in [1.807, 2.05) is 0 Å². The van der Waals surface area contributed by atoms with E-state index < -0.39 is 0 Å². The largest absolute Gasteiger partial charge is 0.198 e. The van der Waals surface area contributed by atoms with Crippen LogP contribution in [0.5, 0.6) is 0 Å². The van der Waals surface area contributed by atoms with Gasteiger partial charge in [-0.2, -0.15) is 5.26 Å².